The lowest BCUT2D eigenvalue weighted by Gasteiger charge is -2.32. The number of hydrogen-bond donors (Lipinski definition) is 0. The summed E-state index contributed by atoms with van der Waals surface area (Å²) in [5.41, 5.74) is -2.73. The highest BCUT2D eigenvalue weighted by Gasteiger charge is 2.39. The second-order valence-electron chi connectivity index (χ2n) is 5.06. The number of alkyl halides is 3. The van der Waals surface area contributed by atoms with E-state index in [1.165, 1.54) is 0 Å². The minimum Gasteiger partial charge on any atom is -0.367 e. The zero-order chi connectivity index (χ0) is 15.0. The minimum absolute atomic E-state index is 0.178. The van der Waals surface area contributed by atoms with Crippen molar-refractivity contribution in [3.8, 4) is 0 Å². The molecule has 1 unspecified atom stereocenters. The maximum absolute atomic E-state index is 13.2. The van der Waals surface area contributed by atoms with E-state index in [9.17, 15) is 22.4 Å². The number of carbonyl (C=O) groups excluding carboxylic acids is 1. The molecule has 2 rings (SSSR count). The van der Waals surface area contributed by atoms with Crippen LogP contribution in [0.15, 0.2) is 18.2 Å². The third-order valence-corrected chi connectivity index (χ3v) is 3.48. The average molecular weight is 290 g/mol. The summed E-state index contributed by atoms with van der Waals surface area (Å²) in [7, 11) is 0. The van der Waals surface area contributed by atoms with E-state index in [0.29, 0.717) is 25.2 Å². The number of hydrogen-bond acceptors (Lipinski definition) is 2. The molecule has 1 aliphatic heterocycles. The second kappa shape index (κ2) is 5.16. The lowest BCUT2D eigenvalue weighted by molar-refractivity contribution is -0.140. The van der Waals surface area contributed by atoms with E-state index < -0.39 is 28.9 Å². The molecule has 1 atom stereocenters. The average Bonchev–Trinajstić information content (AvgIpc) is 2.38. The SMILES string of the molecule is CC1(C(=O)c2ccc(F)c(C(F)(F)F)c2)CCCCO1. The first-order valence-electron chi connectivity index (χ1n) is 6.29. The summed E-state index contributed by atoms with van der Waals surface area (Å²) < 4.78 is 56.6. The van der Waals surface area contributed by atoms with Crippen LogP contribution in [-0.4, -0.2) is 18.0 Å². The maximum atomic E-state index is 13.2. The standard InChI is InChI=1S/C14H14F4O2/c1-13(6-2-3-7-20-13)12(19)9-4-5-11(15)10(8-9)14(16,17)18/h4-5,8H,2-3,6-7H2,1H3. The predicted octanol–water partition coefficient (Wildman–Crippen LogP) is 3.99. The fourth-order valence-corrected chi connectivity index (χ4v) is 2.30. The van der Waals surface area contributed by atoms with Crippen LogP contribution in [0, 0.1) is 5.82 Å². The quantitative estimate of drug-likeness (QED) is 0.608. The van der Waals surface area contributed by atoms with Gasteiger partial charge >= 0.3 is 6.18 Å². The van der Waals surface area contributed by atoms with Gasteiger partial charge in [-0.3, -0.25) is 4.79 Å². The summed E-state index contributed by atoms with van der Waals surface area (Å²) >= 11 is 0. The van der Waals surface area contributed by atoms with E-state index >= 15 is 0 Å². The Morgan fingerprint density at radius 1 is 1.30 bits per heavy atom. The molecule has 0 spiro atoms. The smallest absolute Gasteiger partial charge is 0.367 e. The van der Waals surface area contributed by atoms with Gasteiger partial charge in [0.2, 0.25) is 0 Å². The van der Waals surface area contributed by atoms with Gasteiger partial charge in [0.25, 0.3) is 0 Å². The molecule has 1 aromatic rings. The number of carbonyl (C=O) groups is 1. The van der Waals surface area contributed by atoms with Crippen molar-refractivity contribution in [2.75, 3.05) is 6.61 Å². The van der Waals surface area contributed by atoms with Crippen LogP contribution in [0.1, 0.15) is 42.1 Å². The van der Waals surface area contributed by atoms with Gasteiger partial charge in [0.15, 0.2) is 5.78 Å². The third kappa shape index (κ3) is 2.85. The lowest BCUT2D eigenvalue weighted by atomic mass is 9.87. The van der Waals surface area contributed by atoms with Gasteiger partial charge in [0.05, 0.1) is 5.56 Å². The zero-order valence-corrected chi connectivity index (χ0v) is 10.9. The van der Waals surface area contributed by atoms with E-state index in [0.717, 1.165) is 18.9 Å². The van der Waals surface area contributed by atoms with Gasteiger partial charge in [-0.15, -0.1) is 0 Å². The molecular formula is C14H14F4O2. The van der Waals surface area contributed by atoms with E-state index in [4.69, 9.17) is 4.74 Å². The molecule has 0 aromatic heterocycles. The molecule has 1 fully saturated rings. The van der Waals surface area contributed by atoms with Crippen molar-refractivity contribution in [2.45, 2.75) is 38.0 Å². The summed E-state index contributed by atoms with van der Waals surface area (Å²) in [6, 6.07) is 2.29. The van der Waals surface area contributed by atoms with Gasteiger partial charge in [-0.2, -0.15) is 13.2 Å². The fraction of sp³-hybridized carbons (Fsp3) is 0.500. The van der Waals surface area contributed by atoms with Gasteiger partial charge in [0.1, 0.15) is 11.4 Å². The normalized spacial score (nSPS) is 23.6. The minimum atomic E-state index is -4.82. The molecule has 1 aromatic carbocycles. The molecule has 0 bridgehead atoms. The van der Waals surface area contributed by atoms with Crippen molar-refractivity contribution in [3.63, 3.8) is 0 Å². The molecule has 6 heteroatoms. The van der Waals surface area contributed by atoms with E-state index in [1.807, 2.05) is 0 Å². The summed E-state index contributed by atoms with van der Waals surface area (Å²) in [6.45, 7) is 1.96. The van der Waals surface area contributed by atoms with Crippen molar-refractivity contribution in [1.29, 1.82) is 0 Å². The zero-order valence-electron chi connectivity index (χ0n) is 10.9. The Hall–Kier alpha value is -1.43. The molecule has 2 nitrogen and oxygen atoms in total. The van der Waals surface area contributed by atoms with Crippen molar-refractivity contribution >= 4 is 5.78 Å². The molecule has 1 heterocycles. The molecule has 0 radical (unpaired) electrons. The monoisotopic (exact) mass is 290 g/mol. The molecule has 1 aliphatic rings. The first kappa shape index (κ1) is 15.0. The number of Topliss-reactive ketones (excluding diaryl/α,β-unsaturated/α-hetero) is 1. The van der Waals surface area contributed by atoms with Crippen molar-refractivity contribution in [1.82, 2.24) is 0 Å². The van der Waals surface area contributed by atoms with Crippen LogP contribution in [0.25, 0.3) is 0 Å². The number of benzene rings is 1. The summed E-state index contributed by atoms with van der Waals surface area (Å²) in [6.07, 6.45) is -2.78. The molecule has 110 valence electrons. The highest BCUT2D eigenvalue weighted by atomic mass is 19.4. The van der Waals surface area contributed by atoms with Crippen molar-refractivity contribution in [3.05, 3.63) is 35.1 Å². The summed E-state index contributed by atoms with van der Waals surface area (Å²) in [5, 5.41) is 0. The van der Waals surface area contributed by atoms with Crippen molar-refractivity contribution in [2.24, 2.45) is 0 Å². The van der Waals surface area contributed by atoms with Gasteiger partial charge < -0.3 is 4.74 Å². The largest absolute Gasteiger partial charge is 0.419 e. The highest BCUT2D eigenvalue weighted by Crippen LogP contribution is 2.34. The first-order valence-corrected chi connectivity index (χ1v) is 6.29. The lowest BCUT2D eigenvalue weighted by Crippen LogP contribution is -2.41. The first-order chi connectivity index (χ1) is 9.24. The van der Waals surface area contributed by atoms with Gasteiger partial charge in [0, 0.05) is 12.2 Å². The van der Waals surface area contributed by atoms with Crippen LogP contribution in [0.4, 0.5) is 17.6 Å². The Morgan fingerprint density at radius 2 is 2.00 bits per heavy atom. The predicted molar refractivity (Wildman–Crippen MR) is 63.9 cm³/mol. The number of rotatable bonds is 2. The van der Waals surface area contributed by atoms with Crippen LogP contribution in [0.3, 0.4) is 0 Å². The highest BCUT2D eigenvalue weighted by molar-refractivity contribution is 6.02. The molecule has 20 heavy (non-hydrogen) atoms. The Bertz CT molecular complexity index is 516. The van der Waals surface area contributed by atoms with Crippen LogP contribution < -0.4 is 0 Å². The van der Waals surface area contributed by atoms with Gasteiger partial charge in [-0.05, 0) is 44.4 Å². The Balaban J connectivity index is 2.36. The Morgan fingerprint density at radius 3 is 2.55 bits per heavy atom. The van der Waals surface area contributed by atoms with Crippen LogP contribution >= 0.6 is 0 Å². The second-order valence-corrected chi connectivity index (χ2v) is 5.06. The van der Waals surface area contributed by atoms with Crippen LogP contribution in [0.5, 0.6) is 0 Å². The Kier molecular flexibility index (Phi) is 3.86. The number of ether oxygens (including phenoxy) is 1. The topological polar surface area (TPSA) is 26.3 Å². The van der Waals surface area contributed by atoms with Crippen molar-refractivity contribution < 1.29 is 27.1 Å². The molecule has 1 saturated heterocycles. The maximum Gasteiger partial charge on any atom is 0.419 e. The molecular weight excluding hydrogens is 276 g/mol. The van der Waals surface area contributed by atoms with Crippen LogP contribution in [0.2, 0.25) is 0 Å². The van der Waals surface area contributed by atoms with Gasteiger partial charge in [-0.25, -0.2) is 4.39 Å². The number of halogens is 4. The van der Waals surface area contributed by atoms with Gasteiger partial charge in [-0.1, -0.05) is 0 Å². The molecule has 0 aliphatic carbocycles. The molecule has 0 saturated carbocycles. The fourth-order valence-electron chi connectivity index (χ4n) is 2.30. The van der Waals surface area contributed by atoms with Crippen LogP contribution in [-0.2, 0) is 10.9 Å². The van der Waals surface area contributed by atoms with E-state index in [1.54, 1.807) is 6.92 Å². The molecule has 0 N–H and O–H groups in total. The van der Waals surface area contributed by atoms with E-state index in [2.05, 4.69) is 0 Å². The molecule has 0 amide bonds. The summed E-state index contributed by atoms with van der Waals surface area (Å²) in [5.74, 6) is -1.92. The number of ketones is 1. The summed E-state index contributed by atoms with van der Waals surface area (Å²) in [4.78, 5) is 12.3. The Labute approximate surface area is 113 Å². The van der Waals surface area contributed by atoms with E-state index in [-0.39, 0.29) is 5.56 Å². The third-order valence-electron chi connectivity index (χ3n) is 3.48.